The van der Waals surface area contributed by atoms with E-state index >= 15 is 0 Å². The minimum Gasteiger partial charge on any atom is -0.481 e. The number of carboxylic acids is 1. The SMILES string of the molecule is CCSCCC(C)n1c(C)nnc1SCC(=O)O. The highest BCUT2D eigenvalue weighted by Crippen LogP contribution is 2.24. The maximum atomic E-state index is 10.6. The molecule has 0 radical (unpaired) electrons. The van der Waals surface area contributed by atoms with Gasteiger partial charge >= 0.3 is 5.97 Å². The van der Waals surface area contributed by atoms with E-state index in [0.29, 0.717) is 11.2 Å². The highest BCUT2D eigenvalue weighted by atomic mass is 32.2. The summed E-state index contributed by atoms with van der Waals surface area (Å²) in [5, 5.41) is 17.5. The van der Waals surface area contributed by atoms with Crippen LogP contribution in [0.5, 0.6) is 0 Å². The van der Waals surface area contributed by atoms with Gasteiger partial charge in [-0.2, -0.15) is 11.8 Å². The predicted molar refractivity (Wildman–Crippen MR) is 75.4 cm³/mol. The number of nitrogens with zero attached hydrogens (tertiary/aromatic N) is 3. The smallest absolute Gasteiger partial charge is 0.313 e. The Balaban J connectivity index is 2.67. The molecule has 1 atom stereocenters. The summed E-state index contributed by atoms with van der Waals surface area (Å²) in [5.41, 5.74) is 0. The van der Waals surface area contributed by atoms with Crippen LogP contribution in [0.25, 0.3) is 0 Å². The molecule has 0 fully saturated rings. The molecular formula is C11H19N3O2S2. The van der Waals surface area contributed by atoms with Gasteiger partial charge in [0.25, 0.3) is 0 Å². The van der Waals surface area contributed by atoms with Crippen molar-refractivity contribution in [2.45, 2.75) is 38.4 Å². The number of rotatable bonds is 8. The monoisotopic (exact) mass is 289 g/mol. The van der Waals surface area contributed by atoms with Crippen LogP contribution in [0, 0.1) is 6.92 Å². The van der Waals surface area contributed by atoms with Crippen LogP contribution in [0.4, 0.5) is 0 Å². The third-order valence-corrected chi connectivity index (χ3v) is 4.35. The zero-order valence-corrected chi connectivity index (χ0v) is 12.6. The van der Waals surface area contributed by atoms with Crippen molar-refractivity contribution in [1.82, 2.24) is 14.8 Å². The third kappa shape index (κ3) is 4.53. The van der Waals surface area contributed by atoms with Gasteiger partial charge in [-0.3, -0.25) is 4.79 Å². The van der Waals surface area contributed by atoms with Crippen molar-refractivity contribution in [2.24, 2.45) is 0 Å². The summed E-state index contributed by atoms with van der Waals surface area (Å²) in [4.78, 5) is 10.6. The Bertz CT molecular complexity index is 396. The molecule has 1 N–H and O–H groups in total. The van der Waals surface area contributed by atoms with Crippen LogP contribution in [-0.4, -0.2) is 43.1 Å². The van der Waals surface area contributed by atoms with Crippen LogP contribution in [0.2, 0.25) is 0 Å². The minimum atomic E-state index is -0.832. The molecular weight excluding hydrogens is 270 g/mol. The van der Waals surface area contributed by atoms with Gasteiger partial charge in [0.15, 0.2) is 5.16 Å². The van der Waals surface area contributed by atoms with E-state index < -0.39 is 5.97 Å². The van der Waals surface area contributed by atoms with Gasteiger partial charge in [-0.15, -0.1) is 10.2 Å². The fourth-order valence-electron chi connectivity index (χ4n) is 1.61. The standard InChI is InChI=1S/C11H19N3O2S2/c1-4-17-6-5-8(2)14-9(3)12-13-11(14)18-7-10(15)16/h8H,4-7H2,1-3H3,(H,15,16). The zero-order chi connectivity index (χ0) is 13.5. The number of aliphatic carboxylic acids is 1. The van der Waals surface area contributed by atoms with E-state index in [0.717, 1.165) is 23.8 Å². The summed E-state index contributed by atoms with van der Waals surface area (Å²) in [7, 11) is 0. The second kappa shape index (κ2) is 7.68. The van der Waals surface area contributed by atoms with E-state index in [1.165, 1.54) is 11.8 Å². The number of hydrogen-bond acceptors (Lipinski definition) is 5. The van der Waals surface area contributed by atoms with Crippen LogP contribution >= 0.6 is 23.5 Å². The molecule has 1 aromatic heterocycles. The summed E-state index contributed by atoms with van der Waals surface area (Å²) in [6.07, 6.45) is 1.04. The van der Waals surface area contributed by atoms with Gasteiger partial charge in [0.1, 0.15) is 5.82 Å². The molecule has 1 rings (SSSR count). The Hall–Kier alpha value is -0.690. The lowest BCUT2D eigenvalue weighted by molar-refractivity contribution is -0.133. The third-order valence-electron chi connectivity index (χ3n) is 2.48. The Kier molecular flexibility index (Phi) is 6.56. The molecule has 0 aliphatic carbocycles. The van der Waals surface area contributed by atoms with Crippen molar-refractivity contribution >= 4 is 29.5 Å². The second-order valence-electron chi connectivity index (χ2n) is 3.92. The van der Waals surface area contributed by atoms with Crippen molar-refractivity contribution in [3.8, 4) is 0 Å². The lowest BCUT2D eigenvalue weighted by Crippen LogP contribution is -2.10. The van der Waals surface area contributed by atoms with Crippen molar-refractivity contribution in [3.05, 3.63) is 5.82 Å². The summed E-state index contributed by atoms with van der Waals surface area (Å²) < 4.78 is 2.03. The first-order chi connectivity index (χ1) is 8.56. The van der Waals surface area contributed by atoms with E-state index in [1.54, 1.807) is 0 Å². The van der Waals surface area contributed by atoms with Crippen molar-refractivity contribution in [2.75, 3.05) is 17.3 Å². The van der Waals surface area contributed by atoms with E-state index in [1.807, 2.05) is 23.3 Å². The maximum absolute atomic E-state index is 10.6. The maximum Gasteiger partial charge on any atom is 0.313 e. The molecule has 0 saturated heterocycles. The number of aromatic nitrogens is 3. The molecule has 0 aromatic carbocycles. The number of carboxylic acid groups (broad SMARTS) is 1. The van der Waals surface area contributed by atoms with Crippen LogP contribution in [0.1, 0.15) is 32.1 Å². The van der Waals surface area contributed by atoms with Gasteiger partial charge in [0, 0.05) is 6.04 Å². The number of aryl methyl sites for hydroxylation is 1. The second-order valence-corrected chi connectivity index (χ2v) is 6.25. The fourth-order valence-corrected chi connectivity index (χ4v) is 3.21. The van der Waals surface area contributed by atoms with Crippen LogP contribution in [0.15, 0.2) is 5.16 Å². The van der Waals surface area contributed by atoms with Crippen LogP contribution < -0.4 is 0 Å². The topological polar surface area (TPSA) is 68.0 Å². The normalized spacial score (nSPS) is 12.6. The van der Waals surface area contributed by atoms with Gasteiger partial charge in [-0.25, -0.2) is 0 Å². The van der Waals surface area contributed by atoms with E-state index in [2.05, 4.69) is 24.0 Å². The lowest BCUT2D eigenvalue weighted by Gasteiger charge is -2.16. The summed E-state index contributed by atoms with van der Waals surface area (Å²) in [6.45, 7) is 6.17. The molecule has 1 aromatic rings. The molecule has 1 heterocycles. The molecule has 5 nitrogen and oxygen atoms in total. The molecule has 0 bridgehead atoms. The summed E-state index contributed by atoms with van der Waals surface area (Å²) >= 11 is 3.14. The largest absolute Gasteiger partial charge is 0.481 e. The van der Waals surface area contributed by atoms with Crippen molar-refractivity contribution in [3.63, 3.8) is 0 Å². The Labute approximate surface area is 116 Å². The molecule has 0 aliphatic heterocycles. The number of hydrogen-bond donors (Lipinski definition) is 1. The van der Waals surface area contributed by atoms with Gasteiger partial charge in [-0.1, -0.05) is 18.7 Å². The average Bonchev–Trinajstić information content (AvgIpc) is 2.68. The van der Waals surface area contributed by atoms with Gasteiger partial charge in [0.2, 0.25) is 0 Å². The van der Waals surface area contributed by atoms with Crippen LogP contribution in [-0.2, 0) is 4.79 Å². The number of carbonyl (C=O) groups is 1. The first kappa shape index (κ1) is 15.4. The first-order valence-corrected chi connectivity index (χ1v) is 8.04. The molecule has 0 amide bonds. The Morgan fingerprint density at radius 2 is 2.22 bits per heavy atom. The quantitative estimate of drug-likeness (QED) is 0.586. The van der Waals surface area contributed by atoms with E-state index in [9.17, 15) is 4.79 Å². The Morgan fingerprint density at radius 3 is 2.83 bits per heavy atom. The molecule has 0 aliphatic rings. The zero-order valence-electron chi connectivity index (χ0n) is 10.9. The highest BCUT2D eigenvalue weighted by Gasteiger charge is 2.16. The molecule has 1 unspecified atom stereocenters. The minimum absolute atomic E-state index is 0.0224. The molecule has 7 heteroatoms. The summed E-state index contributed by atoms with van der Waals surface area (Å²) in [6, 6.07) is 0.301. The van der Waals surface area contributed by atoms with Crippen molar-refractivity contribution in [1.29, 1.82) is 0 Å². The first-order valence-electron chi connectivity index (χ1n) is 5.90. The fraction of sp³-hybridized carbons (Fsp3) is 0.727. The van der Waals surface area contributed by atoms with Crippen LogP contribution in [0.3, 0.4) is 0 Å². The molecule has 0 spiro atoms. The predicted octanol–water partition coefficient (Wildman–Crippen LogP) is 2.47. The molecule has 102 valence electrons. The highest BCUT2D eigenvalue weighted by molar-refractivity contribution is 7.99. The van der Waals surface area contributed by atoms with Crippen molar-refractivity contribution < 1.29 is 9.90 Å². The average molecular weight is 289 g/mol. The molecule has 0 saturated carbocycles. The lowest BCUT2D eigenvalue weighted by atomic mass is 10.2. The van der Waals surface area contributed by atoms with Gasteiger partial charge in [0.05, 0.1) is 5.75 Å². The van der Waals surface area contributed by atoms with Gasteiger partial charge < -0.3 is 9.67 Å². The number of thioether (sulfide) groups is 2. The Morgan fingerprint density at radius 1 is 1.50 bits per heavy atom. The van der Waals surface area contributed by atoms with E-state index in [-0.39, 0.29) is 5.75 Å². The summed E-state index contributed by atoms with van der Waals surface area (Å²) in [5.74, 6) is 2.25. The van der Waals surface area contributed by atoms with Gasteiger partial charge in [-0.05, 0) is 31.8 Å². The van der Waals surface area contributed by atoms with E-state index in [4.69, 9.17) is 5.11 Å². The molecule has 18 heavy (non-hydrogen) atoms.